The van der Waals surface area contributed by atoms with E-state index in [2.05, 4.69) is 10.0 Å². The highest BCUT2D eigenvalue weighted by Gasteiger charge is 2.24. The Morgan fingerprint density at radius 1 is 1.48 bits per heavy atom. The Labute approximate surface area is 130 Å². The molecule has 2 rings (SSSR count). The monoisotopic (exact) mass is 331 g/mol. The molecule has 1 saturated heterocycles. The number of hydrogen-bond acceptors (Lipinski definition) is 5. The third-order valence-corrected chi connectivity index (χ3v) is 4.76. The van der Waals surface area contributed by atoms with E-state index in [4.69, 9.17) is 10.00 Å². The van der Waals surface area contributed by atoms with Gasteiger partial charge in [-0.25, -0.2) is 13.1 Å². The summed E-state index contributed by atoms with van der Waals surface area (Å²) >= 11 is 0. The molecule has 116 valence electrons. The molecule has 1 aromatic rings. The van der Waals surface area contributed by atoms with Crippen LogP contribution in [0.2, 0.25) is 0 Å². The van der Waals surface area contributed by atoms with Crippen molar-refractivity contribution in [2.24, 2.45) is 0 Å². The summed E-state index contributed by atoms with van der Waals surface area (Å²) in [5, 5.41) is 12.0. The number of methoxy groups -OCH3 is 1. The molecule has 1 atom stereocenters. The lowest BCUT2D eigenvalue weighted by molar-refractivity contribution is 0.399. The molecule has 0 aliphatic carbocycles. The first-order chi connectivity index (χ1) is 9.56. The molecule has 1 heterocycles. The van der Waals surface area contributed by atoms with E-state index in [1.807, 2.05) is 6.07 Å². The largest absolute Gasteiger partial charge is 0.495 e. The number of halogens is 1. The standard InChI is InChI=1S/C13H17N3O3S.ClH/c1-19-12-7-10(8-14)4-5-13(12)20(17,18)16-11-3-2-6-15-9-11;/h4-5,7,11,15-16H,2-3,6,9H2,1H3;1H. The molecule has 1 aromatic carbocycles. The third kappa shape index (κ3) is 4.32. The quantitative estimate of drug-likeness (QED) is 0.859. The predicted octanol–water partition coefficient (Wildman–Crippen LogP) is 1.02. The molecule has 0 spiro atoms. The molecule has 1 aliphatic rings. The molecule has 1 unspecified atom stereocenters. The van der Waals surface area contributed by atoms with Crippen LogP contribution in [0.5, 0.6) is 5.75 Å². The molecule has 0 aromatic heterocycles. The Balaban J connectivity index is 0.00000220. The van der Waals surface area contributed by atoms with Crippen molar-refractivity contribution in [3.05, 3.63) is 23.8 Å². The summed E-state index contributed by atoms with van der Waals surface area (Å²) in [6.45, 7) is 1.54. The van der Waals surface area contributed by atoms with Crippen LogP contribution in [0.1, 0.15) is 18.4 Å². The van der Waals surface area contributed by atoms with E-state index in [-0.39, 0.29) is 29.1 Å². The maximum absolute atomic E-state index is 12.4. The van der Waals surface area contributed by atoms with Crippen molar-refractivity contribution in [2.75, 3.05) is 20.2 Å². The predicted molar refractivity (Wildman–Crippen MR) is 81.2 cm³/mol. The number of ether oxygens (including phenoxy) is 1. The summed E-state index contributed by atoms with van der Waals surface area (Å²) in [5.74, 6) is 0.181. The molecule has 2 N–H and O–H groups in total. The first kappa shape index (κ1) is 17.7. The average Bonchev–Trinajstić information content (AvgIpc) is 2.47. The van der Waals surface area contributed by atoms with Crippen LogP contribution < -0.4 is 14.8 Å². The Morgan fingerprint density at radius 2 is 2.24 bits per heavy atom. The number of piperidine rings is 1. The molecule has 8 heteroatoms. The Kier molecular flexibility index (Phi) is 6.42. The number of sulfonamides is 1. The first-order valence-corrected chi connectivity index (χ1v) is 7.86. The van der Waals surface area contributed by atoms with E-state index in [0.717, 1.165) is 19.4 Å². The fourth-order valence-electron chi connectivity index (χ4n) is 2.19. The van der Waals surface area contributed by atoms with E-state index in [0.29, 0.717) is 12.1 Å². The van der Waals surface area contributed by atoms with Gasteiger partial charge in [0.2, 0.25) is 10.0 Å². The molecule has 0 amide bonds. The van der Waals surface area contributed by atoms with Gasteiger partial charge in [-0.1, -0.05) is 0 Å². The van der Waals surface area contributed by atoms with Crippen LogP contribution in [-0.2, 0) is 10.0 Å². The normalized spacial score (nSPS) is 18.4. The van der Waals surface area contributed by atoms with Crippen LogP contribution in [0.3, 0.4) is 0 Å². The maximum atomic E-state index is 12.4. The molecule has 1 aliphatic heterocycles. The third-order valence-electron chi connectivity index (χ3n) is 3.20. The minimum atomic E-state index is -3.65. The van der Waals surface area contributed by atoms with E-state index in [9.17, 15) is 8.42 Å². The van der Waals surface area contributed by atoms with E-state index < -0.39 is 10.0 Å². The molecule has 0 radical (unpaired) electrons. The number of nitriles is 1. The second-order valence-electron chi connectivity index (χ2n) is 4.64. The Morgan fingerprint density at radius 3 is 2.81 bits per heavy atom. The highest BCUT2D eigenvalue weighted by Crippen LogP contribution is 2.25. The molecule has 21 heavy (non-hydrogen) atoms. The van der Waals surface area contributed by atoms with Crippen molar-refractivity contribution < 1.29 is 13.2 Å². The van der Waals surface area contributed by atoms with Gasteiger partial charge in [-0.3, -0.25) is 0 Å². The lowest BCUT2D eigenvalue weighted by Gasteiger charge is -2.24. The average molecular weight is 332 g/mol. The molecule has 0 bridgehead atoms. The summed E-state index contributed by atoms with van der Waals surface area (Å²) in [7, 11) is -2.27. The molecule has 6 nitrogen and oxygen atoms in total. The second kappa shape index (κ2) is 7.61. The topological polar surface area (TPSA) is 91.2 Å². The number of nitrogens with zero attached hydrogens (tertiary/aromatic N) is 1. The highest BCUT2D eigenvalue weighted by atomic mass is 35.5. The molecule has 0 saturated carbocycles. The van der Waals surface area contributed by atoms with Gasteiger partial charge in [-0.15, -0.1) is 12.4 Å². The van der Waals surface area contributed by atoms with Crippen molar-refractivity contribution in [3.8, 4) is 11.8 Å². The number of rotatable bonds is 4. The van der Waals surface area contributed by atoms with Crippen molar-refractivity contribution in [1.29, 1.82) is 5.26 Å². The van der Waals surface area contributed by atoms with Gasteiger partial charge in [0.1, 0.15) is 10.6 Å². The van der Waals surface area contributed by atoms with E-state index in [1.54, 1.807) is 0 Å². The van der Waals surface area contributed by atoms with Crippen molar-refractivity contribution in [1.82, 2.24) is 10.0 Å². The zero-order valence-electron chi connectivity index (χ0n) is 11.6. The maximum Gasteiger partial charge on any atom is 0.244 e. The van der Waals surface area contributed by atoms with Crippen molar-refractivity contribution in [3.63, 3.8) is 0 Å². The first-order valence-electron chi connectivity index (χ1n) is 6.38. The van der Waals surface area contributed by atoms with Crippen molar-refractivity contribution in [2.45, 2.75) is 23.8 Å². The molecular weight excluding hydrogens is 314 g/mol. The van der Waals surface area contributed by atoms with Crippen LogP contribution in [0, 0.1) is 11.3 Å². The number of hydrogen-bond donors (Lipinski definition) is 2. The van der Waals surface area contributed by atoms with Crippen LogP contribution in [-0.4, -0.2) is 34.7 Å². The minimum absolute atomic E-state index is 0. The summed E-state index contributed by atoms with van der Waals surface area (Å²) in [4.78, 5) is 0.0598. The van der Waals surface area contributed by atoms with E-state index >= 15 is 0 Å². The zero-order valence-corrected chi connectivity index (χ0v) is 13.3. The van der Waals surface area contributed by atoms with Crippen molar-refractivity contribution >= 4 is 22.4 Å². The summed E-state index contributed by atoms with van der Waals surface area (Å²) in [6, 6.07) is 6.13. The Hall–Kier alpha value is -1.33. The van der Waals surface area contributed by atoms with Gasteiger partial charge in [0.15, 0.2) is 0 Å². The lowest BCUT2D eigenvalue weighted by Crippen LogP contribution is -2.45. The van der Waals surface area contributed by atoms with E-state index in [1.165, 1.54) is 25.3 Å². The van der Waals surface area contributed by atoms with Gasteiger partial charge < -0.3 is 10.1 Å². The molecule has 1 fully saturated rings. The van der Waals surface area contributed by atoms with Crippen LogP contribution in [0.15, 0.2) is 23.1 Å². The second-order valence-corrected chi connectivity index (χ2v) is 6.32. The molecular formula is C13H18ClN3O3S. The summed E-state index contributed by atoms with van der Waals surface area (Å²) < 4.78 is 32.5. The Bertz CT molecular complexity index is 622. The zero-order chi connectivity index (χ0) is 14.6. The van der Waals surface area contributed by atoms with Gasteiger partial charge in [-0.2, -0.15) is 5.26 Å². The van der Waals surface area contributed by atoms with Crippen LogP contribution in [0.25, 0.3) is 0 Å². The van der Waals surface area contributed by atoms with Gasteiger partial charge in [0, 0.05) is 12.6 Å². The van der Waals surface area contributed by atoms with Gasteiger partial charge in [0.25, 0.3) is 0 Å². The highest BCUT2D eigenvalue weighted by molar-refractivity contribution is 7.89. The number of benzene rings is 1. The van der Waals surface area contributed by atoms with Gasteiger partial charge >= 0.3 is 0 Å². The van der Waals surface area contributed by atoms with Gasteiger partial charge in [-0.05, 0) is 37.6 Å². The SMILES string of the molecule is COc1cc(C#N)ccc1S(=O)(=O)NC1CCCNC1.Cl. The van der Waals surface area contributed by atoms with Crippen LogP contribution in [0.4, 0.5) is 0 Å². The lowest BCUT2D eigenvalue weighted by atomic mass is 10.1. The number of nitrogens with one attached hydrogen (secondary N) is 2. The fourth-order valence-corrected chi connectivity index (χ4v) is 3.62. The summed E-state index contributed by atoms with van der Waals surface area (Å²) in [5.41, 5.74) is 0.361. The minimum Gasteiger partial charge on any atom is -0.495 e. The summed E-state index contributed by atoms with van der Waals surface area (Å²) in [6.07, 6.45) is 1.75. The fraction of sp³-hybridized carbons (Fsp3) is 0.462. The smallest absolute Gasteiger partial charge is 0.244 e. The van der Waals surface area contributed by atoms with Gasteiger partial charge in [0.05, 0.1) is 18.7 Å². The van der Waals surface area contributed by atoms with Crippen LogP contribution >= 0.6 is 12.4 Å².